The fourth-order valence-corrected chi connectivity index (χ4v) is 1.92. The standard InChI is InChI=1S/C14H17ClN4O2/c1-3-21-8-14-18-12(16)7-13(19-14)17-9-4-5-10(15)11(6-9)20-2/h4-7H,3,8H2,1-2H3,(H3,16,17,18,19). The van der Waals surface area contributed by atoms with Gasteiger partial charge in [-0.15, -0.1) is 0 Å². The summed E-state index contributed by atoms with van der Waals surface area (Å²) in [5, 5.41) is 3.68. The Hall–Kier alpha value is -2.05. The molecule has 2 aromatic rings. The predicted molar refractivity (Wildman–Crippen MR) is 83.1 cm³/mol. The number of halogens is 1. The molecule has 2 rings (SSSR count). The summed E-state index contributed by atoms with van der Waals surface area (Å²) in [6.07, 6.45) is 0. The number of ether oxygens (including phenoxy) is 2. The van der Waals surface area contributed by atoms with E-state index in [-0.39, 0.29) is 0 Å². The van der Waals surface area contributed by atoms with Gasteiger partial charge in [0.05, 0.1) is 12.1 Å². The quantitative estimate of drug-likeness (QED) is 0.853. The second kappa shape index (κ2) is 7.10. The Labute approximate surface area is 128 Å². The predicted octanol–water partition coefficient (Wildman–Crippen LogP) is 3.00. The third-order valence-electron chi connectivity index (χ3n) is 2.65. The molecule has 0 aliphatic rings. The minimum atomic E-state index is 0.320. The monoisotopic (exact) mass is 308 g/mol. The van der Waals surface area contributed by atoms with Crippen molar-refractivity contribution in [2.45, 2.75) is 13.5 Å². The summed E-state index contributed by atoms with van der Waals surface area (Å²) in [6, 6.07) is 7.00. The molecule has 21 heavy (non-hydrogen) atoms. The summed E-state index contributed by atoms with van der Waals surface area (Å²) >= 11 is 5.99. The van der Waals surface area contributed by atoms with E-state index in [4.69, 9.17) is 26.8 Å². The number of aromatic nitrogens is 2. The molecule has 6 nitrogen and oxygen atoms in total. The van der Waals surface area contributed by atoms with Crippen LogP contribution in [0.1, 0.15) is 12.7 Å². The second-order valence-corrected chi connectivity index (χ2v) is 4.61. The highest BCUT2D eigenvalue weighted by atomic mass is 35.5. The van der Waals surface area contributed by atoms with Crippen LogP contribution in [0.4, 0.5) is 17.3 Å². The number of benzene rings is 1. The molecule has 0 aliphatic carbocycles. The van der Waals surface area contributed by atoms with E-state index in [2.05, 4.69) is 15.3 Å². The minimum absolute atomic E-state index is 0.320. The molecule has 3 N–H and O–H groups in total. The van der Waals surface area contributed by atoms with Crippen molar-refractivity contribution in [1.29, 1.82) is 0 Å². The molecule has 1 aromatic heterocycles. The van der Waals surface area contributed by atoms with Gasteiger partial charge in [-0.2, -0.15) is 0 Å². The van der Waals surface area contributed by atoms with Crippen LogP contribution in [0.5, 0.6) is 5.75 Å². The van der Waals surface area contributed by atoms with Gasteiger partial charge >= 0.3 is 0 Å². The number of rotatable bonds is 6. The van der Waals surface area contributed by atoms with Crippen LogP contribution in [-0.2, 0) is 11.3 Å². The third-order valence-corrected chi connectivity index (χ3v) is 2.96. The van der Waals surface area contributed by atoms with Crippen molar-refractivity contribution in [3.8, 4) is 5.75 Å². The first-order valence-electron chi connectivity index (χ1n) is 6.44. The minimum Gasteiger partial charge on any atom is -0.495 e. The molecule has 1 heterocycles. The molecule has 0 radical (unpaired) electrons. The molecule has 0 fully saturated rings. The maximum atomic E-state index is 5.99. The van der Waals surface area contributed by atoms with Crippen LogP contribution in [0.15, 0.2) is 24.3 Å². The lowest BCUT2D eigenvalue weighted by Crippen LogP contribution is -2.05. The van der Waals surface area contributed by atoms with Crippen molar-refractivity contribution in [3.63, 3.8) is 0 Å². The number of methoxy groups -OCH3 is 1. The lowest BCUT2D eigenvalue weighted by atomic mass is 10.3. The van der Waals surface area contributed by atoms with E-state index < -0.39 is 0 Å². The lowest BCUT2D eigenvalue weighted by Gasteiger charge is -2.10. The summed E-state index contributed by atoms with van der Waals surface area (Å²) < 4.78 is 10.5. The van der Waals surface area contributed by atoms with Gasteiger partial charge in [0.15, 0.2) is 5.82 Å². The average molecular weight is 309 g/mol. The highest BCUT2D eigenvalue weighted by Crippen LogP contribution is 2.28. The Balaban J connectivity index is 2.20. The Bertz CT molecular complexity index is 622. The smallest absolute Gasteiger partial charge is 0.158 e. The molecular formula is C14H17ClN4O2. The highest BCUT2D eigenvalue weighted by molar-refractivity contribution is 6.32. The Morgan fingerprint density at radius 2 is 2.10 bits per heavy atom. The fraction of sp³-hybridized carbons (Fsp3) is 0.286. The van der Waals surface area contributed by atoms with Crippen LogP contribution in [0.25, 0.3) is 0 Å². The molecule has 112 valence electrons. The number of anilines is 3. The van der Waals surface area contributed by atoms with Gasteiger partial charge in [0.25, 0.3) is 0 Å². The average Bonchev–Trinajstić information content (AvgIpc) is 2.46. The lowest BCUT2D eigenvalue weighted by molar-refractivity contribution is 0.128. The maximum Gasteiger partial charge on any atom is 0.158 e. The van der Waals surface area contributed by atoms with Gasteiger partial charge < -0.3 is 20.5 Å². The van der Waals surface area contributed by atoms with Crippen molar-refractivity contribution >= 4 is 28.9 Å². The first-order valence-corrected chi connectivity index (χ1v) is 6.82. The summed E-state index contributed by atoms with van der Waals surface area (Å²) in [7, 11) is 1.56. The SMILES string of the molecule is CCOCc1nc(N)cc(Nc2ccc(Cl)c(OC)c2)n1. The summed E-state index contributed by atoms with van der Waals surface area (Å²) in [4.78, 5) is 8.46. The molecule has 0 aliphatic heterocycles. The maximum absolute atomic E-state index is 5.99. The summed E-state index contributed by atoms with van der Waals surface area (Å²) in [5.74, 6) is 2.07. The van der Waals surface area contributed by atoms with E-state index in [1.807, 2.05) is 13.0 Å². The van der Waals surface area contributed by atoms with E-state index in [1.54, 1.807) is 25.3 Å². The molecule has 0 saturated heterocycles. The van der Waals surface area contributed by atoms with E-state index in [0.29, 0.717) is 41.4 Å². The van der Waals surface area contributed by atoms with Gasteiger partial charge in [-0.25, -0.2) is 9.97 Å². The molecule has 7 heteroatoms. The number of nitrogens with two attached hydrogens (primary N) is 1. The number of nitrogens with zero attached hydrogens (tertiary/aromatic N) is 2. The van der Waals surface area contributed by atoms with Gasteiger partial charge in [0, 0.05) is 24.4 Å². The number of hydrogen-bond acceptors (Lipinski definition) is 6. The summed E-state index contributed by atoms with van der Waals surface area (Å²) in [5.41, 5.74) is 6.56. The zero-order valence-electron chi connectivity index (χ0n) is 11.9. The van der Waals surface area contributed by atoms with Gasteiger partial charge in [0.1, 0.15) is 24.0 Å². The molecule has 0 saturated carbocycles. The number of nitrogen functional groups attached to an aromatic ring is 1. The van der Waals surface area contributed by atoms with Gasteiger partial charge in [-0.3, -0.25) is 0 Å². The normalized spacial score (nSPS) is 10.4. The van der Waals surface area contributed by atoms with Crippen molar-refractivity contribution in [2.24, 2.45) is 0 Å². The molecular weight excluding hydrogens is 292 g/mol. The zero-order valence-corrected chi connectivity index (χ0v) is 12.6. The van der Waals surface area contributed by atoms with Gasteiger partial charge in [0.2, 0.25) is 0 Å². The molecule has 0 amide bonds. The largest absolute Gasteiger partial charge is 0.495 e. The van der Waals surface area contributed by atoms with E-state index in [1.165, 1.54) is 0 Å². The van der Waals surface area contributed by atoms with Crippen LogP contribution in [-0.4, -0.2) is 23.7 Å². The van der Waals surface area contributed by atoms with Crippen LogP contribution in [0.3, 0.4) is 0 Å². The van der Waals surface area contributed by atoms with E-state index in [9.17, 15) is 0 Å². The van der Waals surface area contributed by atoms with Crippen molar-refractivity contribution in [1.82, 2.24) is 9.97 Å². The Kier molecular flexibility index (Phi) is 5.19. The Morgan fingerprint density at radius 3 is 2.81 bits per heavy atom. The topological polar surface area (TPSA) is 82.3 Å². The molecule has 0 bridgehead atoms. The van der Waals surface area contributed by atoms with Gasteiger partial charge in [-0.1, -0.05) is 11.6 Å². The van der Waals surface area contributed by atoms with Crippen LogP contribution in [0.2, 0.25) is 5.02 Å². The van der Waals surface area contributed by atoms with Crippen LogP contribution >= 0.6 is 11.6 Å². The first kappa shape index (κ1) is 15.3. The Morgan fingerprint density at radius 1 is 1.29 bits per heavy atom. The summed E-state index contributed by atoms with van der Waals surface area (Å²) in [6.45, 7) is 2.82. The highest BCUT2D eigenvalue weighted by Gasteiger charge is 2.06. The van der Waals surface area contributed by atoms with Crippen molar-refractivity contribution in [3.05, 3.63) is 35.1 Å². The number of hydrogen-bond donors (Lipinski definition) is 2. The number of nitrogens with one attached hydrogen (secondary N) is 1. The van der Waals surface area contributed by atoms with Crippen molar-refractivity contribution < 1.29 is 9.47 Å². The second-order valence-electron chi connectivity index (χ2n) is 4.21. The molecule has 0 atom stereocenters. The van der Waals surface area contributed by atoms with Crippen LogP contribution < -0.4 is 15.8 Å². The molecule has 1 aromatic carbocycles. The fourth-order valence-electron chi connectivity index (χ4n) is 1.73. The molecule has 0 spiro atoms. The zero-order chi connectivity index (χ0) is 15.2. The first-order chi connectivity index (χ1) is 10.1. The van der Waals surface area contributed by atoms with E-state index >= 15 is 0 Å². The van der Waals surface area contributed by atoms with E-state index in [0.717, 1.165) is 5.69 Å². The van der Waals surface area contributed by atoms with Crippen LogP contribution in [0, 0.1) is 0 Å². The van der Waals surface area contributed by atoms with Gasteiger partial charge in [-0.05, 0) is 19.1 Å². The van der Waals surface area contributed by atoms with Crippen molar-refractivity contribution in [2.75, 3.05) is 24.8 Å². The molecule has 0 unspecified atom stereocenters. The third kappa shape index (κ3) is 4.21.